The Balaban J connectivity index is 1.75. The Hall–Kier alpha value is -2.30. The van der Waals surface area contributed by atoms with Crippen molar-refractivity contribution in [2.45, 2.75) is 44.4 Å². The van der Waals surface area contributed by atoms with E-state index in [0.29, 0.717) is 24.8 Å². The minimum absolute atomic E-state index is 0.240. The summed E-state index contributed by atoms with van der Waals surface area (Å²) in [5, 5.41) is 0. The van der Waals surface area contributed by atoms with Crippen molar-refractivity contribution in [3.05, 3.63) is 77.1 Å². The molecule has 1 atom stereocenters. The number of alkyl halides is 3. The average molecular weight is 364 g/mol. The van der Waals surface area contributed by atoms with Crippen LogP contribution in [0, 0.1) is 5.82 Å². The molecule has 3 rings (SSSR count). The first-order valence-corrected chi connectivity index (χ1v) is 8.63. The number of benzene rings is 2. The van der Waals surface area contributed by atoms with E-state index in [9.17, 15) is 17.6 Å². The Labute approximate surface area is 150 Å². The molecule has 0 aromatic heterocycles. The minimum atomic E-state index is -4.89. The van der Waals surface area contributed by atoms with E-state index >= 15 is 0 Å². The van der Waals surface area contributed by atoms with Gasteiger partial charge < -0.3 is 4.74 Å². The fraction of sp³-hybridized carbons (Fsp3) is 0.333. The van der Waals surface area contributed by atoms with Crippen LogP contribution in [0.2, 0.25) is 0 Å². The molecule has 2 aromatic carbocycles. The van der Waals surface area contributed by atoms with Gasteiger partial charge in [0.15, 0.2) is 11.6 Å². The molecule has 0 bridgehead atoms. The first-order chi connectivity index (χ1) is 12.4. The lowest BCUT2D eigenvalue weighted by molar-refractivity contribution is -0.275. The molecule has 1 nitrogen and oxygen atoms in total. The Bertz CT molecular complexity index is 778. The molecule has 0 spiro atoms. The number of aryl methyl sites for hydroxylation is 1. The number of hydrogen-bond donors (Lipinski definition) is 0. The highest BCUT2D eigenvalue weighted by Crippen LogP contribution is 2.37. The Morgan fingerprint density at radius 3 is 2.50 bits per heavy atom. The molecule has 2 aromatic rings. The fourth-order valence-corrected chi connectivity index (χ4v) is 3.50. The van der Waals surface area contributed by atoms with Crippen molar-refractivity contribution in [1.82, 2.24) is 0 Å². The Morgan fingerprint density at radius 1 is 1.12 bits per heavy atom. The number of halogens is 4. The lowest BCUT2D eigenvalue weighted by atomic mass is 9.79. The van der Waals surface area contributed by atoms with Crippen LogP contribution in [-0.4, -0.2) is 6.36 Å². The van der Waals surface area contributed by atoms with E-state index in [-0.39, 0.29) is 5.92 Å². The summed E-state index contributed by atoms with van der Waals surface area (Å²) in [6, 6.07) is 11.0. The number of fused-ring (bicyclic) bond motifs is 1. The third-order valence-electron chi connectivity index (χ3n) is 4.83. The highest BCUT2D eigenvalue weighted by Gasteiger charge is 2.34. The Kier molecular flexibility index (Phi) is 5.35. The normalized spacial score (nSPS) is 16.8. The van der Waals surface area contributed by atoms with Gasteiger partial charge in [0.1, 0.15) is 0 Å². The lowest BCUT2D eigenvalue weighted by Gasteiger charge is -2.26. The monoisotopic (exact) mass is 364 g/mol. The quantitative estimate of drug-likeness (QED) is 0.459. The van der Waals surface area contributed by atoms with Crippen molar-refractivity contribution in [2.24, 2.45) is 0 Å². The van der Waals surface area contributed by atoms with Gasteiger partial charge in [-0.15, -0.1) is 19.8 Å². The third-order valence-corrected chi connectivity index (χ3v) is 4.83. The number of allylic oxidation sites excluding steroid dienone is 1. The van der Waals surface area contributed by atoms with Crippen LogP contribution in [-0.2, 0) is 19.3 Å². The zero-order chi connectivity index (χ0) is 18.7. The molecule has 0 heterocycles. The molecule has 0 saturated carbocycles. The van der Waals surface area contributed by atoms with E-state index in [2.05, 4.69) is 35.6 Å². The van der Waals surface area contributed by atoms with Crippen LogP contribution in [0.15, 0.2) is 49.1 Å². The van der Waals surface area contributed by atoms with E-state index in [1.54, 1.807) is 6.07 Å². The fourth-order valence-electron chi connectivity index (χ4n) is 3.50. The van der Waals surface area contributed by atoms with Crippen molar-refractivity contribution in [3.8, 4) is 5.75 Å². The molecule has 0 saturated heterocycles. The maximum Gasteiger partial charge on any atom is 0.573 e. The van der Waals surface area contributed by atoms with E-state index < -0.39 is 17.9 Å². The van der Waals surface area contributed by atoms with Gasteiger partial charge in [-0.25, -0.2) is 4.39 Å². The topological polar surface area (TPSA) is 9.23 Å². The zero-order valence-corrected chi connectivity index (χ0v) is 14.3. The maximum atomic E-state index is 14.4. The largest absolute Gasteiger partial charge is 0.573 e. The van der Waals surface area contributed by atoms with E-state index in [1.165, 1.54) is 11.1 Å². The average Bonchev–Trinajstić information content (AvgIpc) is 2.61. The van der Waals surface area contributed by atoms with Crippen LogP contribution in [0.1, 0.15) is 41.0 Å². The Morgan fingerprint density at radius 2 is 1.85 bits per heavy atom. The highest BCUT2D eigenvalue weighted by molar-refractivity contribution is 5.41. The van der Waals surface area contributed by atoms with Crippen molar-refractivity contribution in [1.29, 1.82) is 0 Å². The van der Waals surface area contributed by atoms with Gasteiger partial charge in [0.2, 0.25) is 0 Å². The third kappa shape index (κ3) is 4.26. The molecule has 0 amide bonds. The summed E-state index contributed by atoms with van der Waals surface area (Å²) in [5.41, 5.74) is 3.51. The van der Waals surface area contributed by atoms with Crippen LogP contribution in [0.3, 0.4) is 0 Å². The predicted molar refractivity (Wildman–Crippen MR) is 92.8 cm³/mol. The minimum Gasteiger partial charge on any atom is -0.403 e. The van der Waals surface area contributed by atoms with Crippen LogP contribution in [0.5, 0.6) is 5.75 Å². The highest BCUT2D eigenvalue weighted by atomic mass is 19.4. The van der Waals surface area contributed by atoms with Gasteiger partial charge in [-0.3, -0.25) is 0 Å². The summed E-state index contributed by atoms with van der Waals surface area (Å²) in [5.74, 6) is -1.40. The van der Waals surface area contributed by atoms with Crippen LogP contribution >= 0.6 is 0 Å². The summed E-state index contributed by atoms with van der Waals surface area (Å²) in [4.78, 5) is 0. The van der Waals surface area contributed by atoms with Crippen LogP contribution in [0.25, 0.3) is 0 Å². The van der Waals surface area contributed by atoms with E-state index in [4.69, 9.17) is 0 Å². The second kappa shape index (κ2) is 7.52. The van der Waals surface area contributed by atoms with Gasteiger partial charge >= 0.3 is 6.36 Å². The molecular formula is C21H20F4O. The van der Waals surface area contributed by atoms with Gasteiger partial charge in [0, 0.05) is 0 Å². The second-order valence-electron chi connectivity index (χ2n) is 6.57. The van der Waals surface area contributed by atoms with Crippen molar-refractivity contribution in [3.63, 3.8) is 0 Å². The van der Waals surface area contributed by atoms with Gasteiger partial charge in [-0.05, 0) is 66.3 Å². The molecule has 5 heteroatoms. The first-order valence-electron chi connectivity index (χ1n) is 8.63. The summed E-state index contributed by atoms with van der Waals surface area (Å²) < 4.78 is 55.2. The smallest absolute Gasteiger partial charge is 0.403 e. The molecule has 0 fully saturated rings. The molecule has 0 aliphatic heterocycles. The van der Waals surface area contributed by atoms with E-state index in [0.717, 1.165) is 24.5 Å². The van der Waals surface area contributed by atoms with Crippen LogP contribution < -0.4 is 4.74 Å². The molecule has 26 heavy (non-hydrogen) atoms. The van der Waals surface area contributed by atoms with Gasteiger partial charge in [-0.2, -0.15) is 0 Å². The molecule has 1 unspecified atom stereocenters. The summed E-state index contributed by atoms with van der Waals surface area (Å²) in [6.07, 6.45) is 0.591. The van der Waals surface area contributed by atoms with Crippen molar-refractivity contribution in [2.75, 3.05) is 0 Å². The molecule has 138 valence electrons. The number of ether oxygens (including phenoxy) is 1. The standard InChI is InChI=1S/C21H20F4O/c1-2-3-4-14-5-7-15(8-6-14)16-9-11-18-17(13-16)10-12-19(20(18)22)26-21(23,24)25/h2,5-8,10,12,16H,1,3-4,9,11,13H2. The van der Waals surface area contributed by atoms with Crippen molar-refractivity contribution >= 4 is 0 Å². The molecule has 0 radical (unpaired) electrons. The van der Waals surface area contributed by atoms with Crippen LogP contribution in [0.4, 0.5) is 17.6 Å². The van der Waals surface area contributed by atoms with Gasteiger partial charge in [0.25, 0.3) is 0 Å². The van der Waals surface area contributed by atoms with Crippen molar-refractivity contribution < 1.29 is 22.3 Å². The molecule has 1 aliphatic carbocycles. The first kappa shape index (κ1) is 18.5. The zero-order valence-electron chi connectivity index (χ0n) is 14.3. The SMILES string of the molecule is C=CCCc1ccc(C2CCc3c(ccc(OC(F)(F)F)c3F)C2)cc1. The van der Waals surface area contributed by atoms with E-state index in [1.807, 2.05) is 6.08 Å². The number of hydrogen-bond acceptors (Lipinski definition) is 1. The molecular weight excluding hydrogens is 344 g/mol. The molecule has 1 aliphatic rings. The maximum absolute atomic E-state index is 14.4. The number of rotatable bonds is 5. The molecule has 0 N–H and O–H groups in total. The second-order valence-corrected chi connectivity index (χ2v) is 6.57. The lowest BCUT2D eigenvalue weighted by Crippen LogP contribution is -2.20. The van der Waals surface area contributed by atoms with Gasteiger partial charge in [-0.1, -0.05) is 36.4 Å². The summed E-state index contributed by atoms with van der Waals surface area (Å²) in [7, 11) is 0. The summed E-state index contributed by atoms with van der Waals surface area (Å²) in [6.45, 7) is 3.72. The summed E-state index contributed by atoms with van der Waals surface area (Å²) >= 11 is 0. The predicted octanol–water partition coefficient (Wildman–Crippen LogP) is 6.12. The van der Waals surface area contributed by atoms with Gasteiger partial charge in [0.05, 0.1) is 0 Å².